The van der Waals surface area contributed by atoms with E-state index >= 15 is 0 Å². The van der Waals surface area contributed by atoms with E-state index in [1.165, 1.54) is 7.11 Å². The number of benzene rings is 5. The second kappa shape index (κ2) is 20.8. The van der Waals surface area contributed by atoms with E-state index in [1.54, 1.807) is 0 Å². The molecule has 3 heterocycles. The van der Waals surface area contributed by atoms with Gasteiger partial charge in [-0.3, -0.25) is 0 Å². The van der Waals surface area contributed by atoms with Gasteiger partial charge in [0.25, 0.3) is 0 Å². The number of aliphatic hydroxyl groups is 1. The summed E-state index contributed by atoms with van der Waals surface area (Å²) in [5, 5.41) is 11.9. The molecular weight excluding hydrogens is 753 g/mol. The molecule has 5 aromatic carbocycles. The molecule has 0 bridgehead atoms. The van der Waals surface area contributed by atoms with E-state index in [-0.39, 0.29) is 26.4 Å². The molecule has 3 aliphatic heterocycles. The minimum absolute atomic E-state index is 0.147. The molecule has 0 radical (unpaired) electrons. The van der Waals surface area contributed by atoms with Gasteiger partial charge in [0.05, 0.1) is 39.6 Å². The quantitative estimate of drug-likeness (QED) is 0.106. The normalized spacial score (nSPS) is 29.4. The van der Waals surface area contributed by atoms with Crippen molar-refractivity contribution in [3.63, 3.8) is 0 Å². The number of rotatable bonds is 17. The Labute approximate surface area is 345 Å². The molecule has 0 aromatic heterocycles. The summed E-state index contributed by atoms with van der Waals surface area (Å²) < 4.78 is 65.4. The summed E-state index contributed by atoms with van der Waals surface area (Å²) in [5.74, 6) is 0. The number of aliphatic hydroxyl groups excluding tert-OH is 1. The molecule has 1 N–H and O–H groups in total. The van der Waals surface area contributed by atoms with Gasteiger partial charge in [-0.15, -0.1) is 0 Å². The van der Waals surface area contributed by atoms with E-state index in [2.05, 4.69) is 0 Å². The zero-order valence-electron chi connectivity index (χ0n) is 33.1. The van der Waals surface area contributed by atoms with Crippen LogP contribution in [0.4, 0.5) is 0 Å². The van der Waals surface area contributed by atoms with Crippen LogP contribution in [-0.4, -0.2) is 86.8 Å². The molecule has 0 saturated carbocycles. The molecule has 3 fully saturated rings. The molecule has 8 rings (SSSR count). The van der Waals surface area contributed by atoms with E-state index in [4.69, 9.17) is 47.4 Å². The van der Waals surface area contributed by atoms with E-state index in [9.17, 15) is 5.11 Å². The first-order valence-electron chi connectivity index (χ1n) is 20.2. The third-order valence-electron chi connectivity index (χ3n) is 10.7. The Hall–Kier alpha value is -4.34. The lowest BCUT2D eigenvalue weighted by molar-refractivity contribution is -0.396. The highest BCUT2D eigenvalue weighted by Gasteiger charge is 2.55. The fourth-order valence-electron chi connectivity index (χ4n) is 7.70. The van der Waals surface area contributed by atoms with Gasteiger partial charge >= 0.3 is 0 Å². The fourth-order valence-corrected chi connectivity index (χ4v) is 7.70. The van der Waals surface area contributed by atoms with Crippen LogP contribution in [0.25, 0.3) is 0 Å². The lowest BCUT2D eigenvalue weighted by Crippen LogP contribution is -2.67. The molecule has 310 valence electrons. The summed E-state index contributed by atoms with van der Waals surface area (Å²) in [7, 11) is 1.48. The Morgan fingerprint density at radius 2 is 1.02 bits per heavy atom. The third-order valence-corrected chi connectivity index (χ3v) is 10.7. The minimum Gasteiger partial charge on any atom is -0.385 e. The highest BCUT2D eigenvalue weighted by molar-refractivity contribution is 5.18. The molecule has 3 saturated heterocycles. The smallest absolute Gasteiger partial charge is 0.187 e. The van der Waals surface area contributed by atoms with Gasteiger partial charge in [-0.1, -0.05) is 152 Å². The van der Waals surface area contributed by atoms with Gasteiger partial charge in [0.1, 0.15) is 48.8 Å². The van der Waals surface area contributed by atoms with Crippen molar-refractivity contribution < 1.29 is 52.5 Å². The van der Waals surface area contributed by atoms with Crippen molar-refractivity contribution in [1.82, 2.24) is 0 Å². The summed E-state index contributed by atoms with van der Waals surface area (Å²) in [6.45, 7) is 1.47. The van der Waals surface area contributed by atoms with Gasteiger partial charge in [-0.25, -0.2) is 0 Å². The Kier molecular flexibility index (Phi) is 14.6. The van der Waals surface area contributed by atoms with Gasteiger partial charge in [0.2, 0.25) is 0 Å². The van der Waals surface area contributed by atoms with Crippen molar-refractivity contribution in [2.24, 2.45) is 0 Å². The molecule has 3 aliphatic rings. The standard InChI is InChI=1S/C48H52O11/c1-50-47-40(49)43(42-39(56-47)32-55-46(58-42)37-25-15-6-16-26-37)59-48-45(54-30-36-23-13-5-14-24-36)44(53-29-35-21-11-4-12-22-35)41(52-28-34-19-9-3-10-20-34)38(57-48)31-51-27-33-17-7-2-8-18-33/h2-26,38-49H,27-32H2,1H3/t38-,39-,40-,41-,42-,43-,44+,45-,46?,47-,48+/m1/s1. The molecule has 5 aromatic rings. The first-order valence-corrected chi connectivity index (χ1v) is 20.2. The maximum atomic E-state index is 11.9. The first kappa shape index (κ1) is 41.4. The van der Waals surface area contributed by atoms with Gasteiger partial charge in [0.15, 0.2) is 18.9 Å². The third kappa shape index (κ3) is 10.7. The monoisotopic (exact) mass is 804 g/mol. The van der Waals surface area contributed by atoms with E-state index < -0.39 is 67.7 Å². The lowest BCUT2D eigenvalue weighted by atomic mass is 9.95. The van der Waals surface area contributed by atoms with Crippen LogP contribution in [0.2, 0.25) is 0 Å². The van der Waals surface area contributed by atoms with Crippen molar-refractivity contribution in [3.8, 4) is 0 Å². The van der Waals surface area contributed by atoms with Crippen LogP contribution in [0.1, 0.15) is 34.1 Å². The van der Waals surface area contributed by atoms with Crippen LogP contribution in [0.15, 0.2) is 152 Å². The number of ether oxygens (including phenoxy) is 10. The fraction of sp³-hybridized carbons (Fsp3) is 0.375. The minimum atomic E-state index is -1.27. The molecule has 11 atom stereocenters. The number of hydrogen-bond acceptors (Lipinski definition) is 11. The van der Waals surface area contributed by atoms with Crippen molar-refractivity contribution in [2.75, 3.05) is 20.3 Å². The average molecular weight is 805 g/mol. The maximum Gasteiger partial charge on any atom is 0.187 e. The SMILES string of the molecule is CO[C@@H]1O[C@@H]2COC(c3ccccc3)O[C@H]2[C@H](O[C@@H]2O[C@H](COCc3ccccc3)[C@@H](OCc3ccccc3)[C@H](OCc3ccccc3)[C@H]2OCc2ccccc2)[C@H]1O. The van der Waals surface area contributed by atoms with Crippen LogP contribution in [0, 0.1) is 0 Å². The highest BCUT2D eigenvalue weighted by atomic mass is 16.8. The van der Waals surface area contributed by atoms with Crippen LogP contribution < -0.4 is 0 Å². The zero-order chi connectivity index (χ0) is 40.2. The topological polar surface area (TPSA) is 113 Å². The van der Waals surface area contributed by atoms with E-state index in [1.807, 2.05) is 152 Å². The van der Waals surface area contributed by atoms with Crippen LogP contribution in [0.5, 0.6) is 0 Å². The Bertz CT molecular complexity index is 1940. The van der Waals surface area contributed by atoms with E-state index in [0.717, 1.165) is 27.8 Å². The Morgan fingerprint density at radius 3 is 1.56 bits per heavy atom. The zero-order valence-corrected chi connectivity index (χ0v) is 33.1. The summed E-state index contributed by atoms with van der Waals surface area (Å²) in [6, 6.07) is 49.4. The molecule has 59 heavy (non-hydrogen) atoms. The predicted octanol–water partition coefficient (Wildman–Crippen LogP) is 6.92. The average Bonchev–Trinajstić information content (AvgIpc) is 3.29. The van der Waals surface area contributed by atoms with Gasteiger partial charge < -0.3 is 52.5 Å². The van der Waals surface area contributed by atoms with Crippen molar-refractivity contribution in [3.05, 3.63) is 179 Å². The number of methoxy groups -OCH3 is 1. The van der Waals surface area contributed by atoms with Gasteiger partial charge in [-0.05, 0) is 22.3 Å². The van der Waals surface area contributed by atoms with E-state index in [0.29, 0.717) is 13.2 Å². The Morgan fingerprint density at radius 1 is 0.525 bits per heavy atom. The Balaban J connectivity index is 1.14. The molecule has 11 nitrogen and oxygen atoms in total. The molecule has 0 amide bonds. The van der Waals surface area contributed by atoms with Crippen LogP contribution in [0.3, 0.4) is 0 Å². The molecule has 0 spiro atoms. The summed E-state index contributed by atoms with van der Waals surface area (Å²) in [4.78, 5) is 0. The van der Waals surface area contributed by atoms with Crippen molar-refractivity contribution in [1.29, 1.82) is 0 Å². The maximum absolute atomic E-state index is 11.9. The lowest BCUT2D eigenvalue weighted by Gasteiger charge is -2.51. The second-order valence-corrected chi connectivity index (χ2v) is 14.9. The molecule has 0 aliphatic carbocycles. The predicted molar refractivity (Wildman–Crippen MR) is 216 cm³/mol. The summed E-state index contributed by atoms with van der Waals surface area (Å²) in [6.07, 6.45) is -9.43. The number of fused-ring (bicyclic) bond motifs is 1. The van der Waals surface area contributed by atoms with Crippen molar-refractivity contribution in [2.45, 2.75) is 94.1 Å². The largest absolute Gasteiger partial charge is 0.385 e. The number of hydrogen-bond donors (Lipinski definition) is 1. The van der Waals surface area contributed by atoms with Gasteiger partial charge in [0, 0.05) is 12.7 Å². The summed E-state index contributed by atoms with van der Waals surface area (Å²) in [5.41, 5.74) is 4.77. The van der Waals surface area contributed by atoms with Crippen LogP contribution in [-0.2, 0) is 73.8 Å². The molecule has 11 heteroatoms. The van der Waals surface area contributed by atoms with Crippen molar-refractivity contribution >= 4 is 0 Å². The molecule has 1 unspecified atom stereocenters. The molecular formula is C48H52O11. The summed E-state index contributed by atoms with van der Waals surface area (Å²) >= 11 is 0. The first-order chi connectivity index (χ1) is 29.1. The van der Waals surface area contributed by atoms with Gasteiger partial charge in [-0.2, -0.15) is 0 Å². The second-order valence-electron chi connectivity index (χ2n) is 14.9. The highest BCUT2D eigenvalue weighted by Crippen LogP contribution is 2.39. The van der Waals surface area contributed by atoms with Crippen LogP contribution >= 0.6 is 0 Å².